The SMILES string of the molecule is O=C(NCc1ccccc1)[C@H]1[C@@H]2C=C[C@]3(CN(CCc4c[nH]c5ccccc45)C(=O)[C@@H]13)O2. The number of benzene rings is 2. The largest absolute Gasteiger partial charge is 0.361 e. The number of carbonyl (C=O) groups excluding carboxylic acids is 2. The summed E-state index contributed by atoms with van der Waals surface area (Å²) in [5.41, 5.74) is 2.66. The highest BCUT2D eigenvalue weighted by Crippen LogP contribution is 2.51. The monoisotopic (exact) mass is 427 g/mol. The van der Waals surface area contributed by atoms with Crippen LogP contribution >= 0.6 is 0 Å². The molecule has 1 spiro atoms. The number of hydrogen-bond acceptors (Lipinski definition) is 3. The van der Waals surface area contributed by atoms with Crippen molar-refractivity contribution < 1.29 is 14.3 Å². The Morgan fingerprint density at radius 2 is 1.97 bits per heavy atom. The molecule has 6 rings (SSSR count). The predicted molar refractivity (Wildman–Crippen MR) is 121 cm³/mol. The molecule has 32 heavy (non-hydrogen) atoms. The maximum absolute atomic E-state index is 13.4. The van der Waals surface area contributed by atoms with Crippen molar-refractivity contribution in [3.05, 3.63) is 84.1 Å². The van der Waals surface area contributed by atoms with Crippen LogP contribution in [0.1, 0.15) is 11.1 Å². The second-order valence-electron chi connectivity index (χ2n) is 8.97. The first-order chi connectivity index (χ1) is 15.6. The minimum atomic E-state index is -0.670. The highest BCUT2D eigenvalue weighted by Gasteiger charge is 2.66. The maximum atomic E-state index is 13.4. The average molecular weight is 428 g/mol. The van der Waals surface area contributed by atoms with Gasteiger partial charge < -0.3 is 19.9 Å². The fraction of sp³-hybridized carbons (Fsp3) is 0.308. The number of aromatic nitrogens is 1. The number of amides is 2. The van der Waals surface area contributed by atoms with Crippen molar-refractivity contribution in [3.63, 3.8) is 0 Å². The zero-order chi connectivity index (χ0) is 21.7. The summed E-state index contributed by atoms with van der Waals surface area (Å²) in [6, 6.07) is 18.0. The van der Waals surface area contributed by atoms with Crippen molar-refractivity contribution in [2.24, 2.45) is 11.8 Å². The molecule has 0 aliphatic carbocycles. The van der Waals surface area contributed by atoms with Gasteiger partial charge in [-0.05, 0) is 23.6 Å². The van der Waals surface area contributed by atoms with E-state index in [-0.39, 0.29) is 17.9 Å². The lowest BCUT2D eigenvalue weighted by Gasteiger charge is -2.23. The number of fused-ring (bicyclic) bond motifs is 2. The Hall–Kier alpha value is -3.38. The van der Waals surface area contributed by atoms with Gasteiger partial charge in [-0.2, -0.15) is 0 Å². The standard InChI is InChI=1S/C26H25N3O3/c30-24(28-14-17-6-2-1-3-7-17)22-21-10-12-26(32-21)16-29(25(31)23(22)26)13-11-18-15-27-20-9-5-4-8-19(18)20/h1-10,12,15,21-23,27H,11,13-14,16H2,(H,28,30)/t21-,22-,23+,26+/m0/s1. The lowest BCUT2D eigenvalue weighted by molar-refractivity contribution is -0.137. The first-order valence-corrected chi connectivity index (χ1v) is 11.2. The van der Waals surface area contributed by atoms with E-state index in [0.29, 0.717) is 19.6 Å². The smallest absolute Gasteiger partial charge is 0.230 e. The van der Waals surface area contributed by atoms with Crippen LogP contribution in [0, 0.1) is 11.8 Å². The van der Waals surface area contributed by atoms with Crippen LogP contribution in [-0.4, -0.2) is 46.5 Å². The van der Waals surface area contributed by atoms with Crippen LogP contribution in [0.3, 0.4) is 0 Å². The highest BCUT2D eigenvalue weighted by atomic mass is 16.5. The minimum Gasteiger partial charge on any atom is -0.361 e. The number of rotatable bonds is 6. The minimum absolute atomic E-state index is 0.0246. The van der Waals surface area contributed by atoms with Gasteiger partial charge in [-0.3, -0.25) is 9.59 Å². The van der Waals surface area contributed by atoms with E-state index in [1.807, 2.05) is 65.7 Å². The van der Waals surface area contributed by atoms with Gasteiger partial charge in [0, 0.05) is 30.2 Å². The fourth-order valence-corrected chi connectivity index (χ4v) is 5.56. The molecule has 0 radical (unpaired) electrons. The number of likely N-dealkylation sites (tertiary alicyclic amines) is 1. The average Bonchev–Trinajstić information content (AvgIpc) is 3.56. The van der Waals surface area contributed by atoms with Gasteiger partial charge in [0.2, 0.25) is 11.8 Å². The number of aromatic amines is 1. The van der Waals surface area contributed by atoms with Crippen LogP contribution < -0.4 is 5.32 Å². The summed E-state index contributed by atoms with van der Waals surface area (Å²) in [5, 5.41) is 4.20. The molecule has 6 nitrogen and oxygen atoms in total. The second kappa shape index (κ2) is 7.35. The van der Waals surface area contributed by atoms with Gasteiger partial charge in [0.05, 0.1) is 24.5 Å². The first kappa shape index (κ1) is 19.3. The van der Waals surface area contributed by atoms with Gasteiger partial charge in [-0.15, -0.1) is 0 Å². The summed E-state index contributed by atoms with van der Waals surface area (Å²) in [5.74, 6) is -1.01. The van der Waals surface area contributed by atoms with E-state index < -0.39 is 17.4 Å². The van der Waals surface area contributed by atoms with Crippen molar-refractivity contribution in [2.45, 2.75) is 24.7 Å². The lowest BCUT2D eigenvalue weighted by atomic mass is 9.77. The number of ether oxygens (including phenoxy) is 1. The second-order valence-corrected chi connectivity index (χ2v) is 8.97. The Balaban J connectivity index is 1.17. The van der Waals surface area contributed by atoms with Crippen LogP contribution in [0.4, 0.5) is 0 Å². The van der Waals surface area contributed by atoms with Gasteiger partial charge in [0.1, 0.15) is 5.60 Å². The topological polar surface area (TPSA) is 74.4 Å². The van der Waals surface area contributed by atoms with E-state index in [9.17, 15) is 9.59 Å². The first-order valence-electron chi connectivity index (χ1n) is 11.2. The van der Waals surface area contributed by atoms with Gasteiger partial charge in [-0.25, -0.2) is 0 Å². The van der Waals surface area contributed by atoms with E-state index in [1.54, 1.807) is 0 Å². The number of nitrogens with one attached hydrogen (secondary N) is 2. The van der Waals surface area contributed by atoms with Crippen molar-refractivity contribution >= 4 is 22.7 Å². The molecule has 2 fully saturated rings. The molecule has 2 bridgehead atoms. The molecule has 2 N–H and O–H groups in total. The molecule has 6 heteroatoms. The van der Waals surface area contributed by atoms with Gasteiger partial charge in [0.15, 0.2) is 0 Å². The van der Waals surface area contributed by atoms with Crippen LogP contribution in [0.25, 0.3) is 10.9 Å². The van der Waals surface area contributed by atoms with E-state index in [0.717, 1.165) is 17.5 Å². The molecule has 3 aromatic rings. The molecule has 2 saturated heterocycles. The molecular formula is C26H25N3O3. The Labute approximate surface area is 186 Å². The van der Waals surface area contributed by atoms with Crippen molar-refractivity contribution in [2.75, 3.05) is 13.1 Å². The Bertz CT molecular complexity index is 1220. The van der Waals surface area contributed by atoms with Crippen LogP contribution in [0.2, 0.25) is 0 Å². The molecule has 2 aromatic carbocycles. The summed E-state index contributed by atoms with van der Waals surface area (Å²) in [4.78, 5) is 31.7. The third-order valence-corrected chi connectivity index (χ3v) is 7.12. The van der Waals surface area contributed by atoms with Crippen LogP contribution in [-0.2, 0) is 27.3 Å². The quantitative estimate of drug-likeness (QED) is 0.594. The Morgan fingerprint density at radius 3 is 2.84 bits per heavy atom. The van der Waals surface area contributed by atoms with Gasteiger partial charge >= 0.3 is 0 Å². The van der Waals surface area contributed by atoms with Crippen molar-refractivity contribution in [1.82, 2.24) is 15.2 Å². The number of carbonyl (C=O) groups is 2. The summed E-state index contributed by atoms with van der Waals surface area (Å²) in [7, 11) is 0. The number of hydrogen-bond donors (Lipinski definition) is 2. The third-order valence-electron chi connectivity index (χ3n) is 7.12. The summed E-state index contributed by atoms with van der Waals surface area (Å²) >= 11 is 0. The molecule has 3 aliphatic heterocycles. The van der Waals surface area contributed by atoms with E-state index >= 15 is 0 Å². The Kier molecular flexibility index (Phi) is 4.43. The fourth-order valence-electron chi connectivity index (χ4n) is 5.56. The predicted octanol–water partition coefficient (Wildman–Crippen LogP) is 2.81. The molecule has 2 amide bonds. The maximum Gasteiger partial charge on any atom is 0.230 e. The number of nitrogens with zero attached hydrogens (tertiary/aromatic N) is 1. The molecular weight excluding hydrogens is 402 g/mol. The van der Waals surface area contributed by atoms with E-state index in [4.69, 9.17) is 4.74 Å². The zero-order valence-corrected chi connectivity index (χ0v) is 17.7. The molecule has 162 valence electrons. The van der Waals surface area contributed by atoms with Gasteiger partial charge in [0.25, 0.3) is 0 Å². The van der Waals surface area contributed by atoms with Crippen LogP contribution in [0.15, 0.2) is 72.9 Å². The third kappa shape index (κ3) is 2.98. The van der Waals surface area contributed by atoms with Crippen molar-refractivity contribution in [3.8, 4) is 0 Å². The molecule has 4 heterocycles. The number of para-hydroxylation sites is 1. The van der Waals surface area contributed by atoms with Gasteiger partial charge in [-0.1, -0.05) is 60.7 Å². The van der Waals surface area contributed by atoms with Crippen molar-refractivity contribution in [1.29, 1.82) is 0 Å². The normalized spacial score (nSPS) is 27.9. The summed E-state index contributed by atoms with van der Waals surface area (Å²) in [6.07, 6.45) is 6.42. The summed E-state index contributed by atoms with van der Waals surface area (Å²) < 4.78 is 6.24. The molecule has 4 atom stereocenters. The lowest BCUT2D eigenvalue weighted by Crippen LogP contribution is -2.44. The summed E-state index contributed by atoms with van der Waals surface area (Å²) in [6.45, 7) is 1.57. The van der Waals surface area contributed by atoms with Crippen LogP contribution in [0.5, 0.6) is 0 Å². The molecule has 1 aromatic heterocycles. The molecule has 0 unspecified atom stereocenters. The van der Waals surface area contributed by atoms with E-state index in [1.165, 1.54) is 10.9 Å². The molecule has 3 aliphatic rings. The zero-order valence-electron chi connectivity index (χ0n) is 17.7. The highest BCUT2D eigenvalue weighted by molar-refractivity contribution is 5.93. The number of H-pyrrole nitrogens is 1. The van der Waals surface area contributed by atoms with E-state index in [2.05, 4.69) is 22.4 Å². The molecule has 0 saturated carbocycles. The Morgan fingerprint density at radius 1 is 1.16 bits per heavy atom.